The molecule has 0 aliphatic heterocycles. The summed E-state index contributed by atoms with van der Waals surface area (Å²) in [6.45, 7) is 10.9. The van der Waals surface area contributed by atoms with Crippen LogP contribution in [0.25, 0.3) is 0 Å². The Balaban J connectivity index is 0. The number of hydrogen-bond acceptors (Lipinski definition) is 3. The number of hydrogen-bond donors (Lipinski definition) is 1. The molecule has 0 radical (unpaired) electrons. The van der Waals surface area contributed by atoms with E-state index in [1.54, 1.807) is 20.8 Å². The lowest BCUT2D eigenvalue weighted by Gasteiger charge is -2.09. The number of phenolic OH excluding ortho intramolecular Hbond substituents is 1. The van der Waals surface area contributed by atoms with Gasteiger partial charge in [0.15, 0.2) is 11.6 Å². The van der Waals surface area contributed by atoms with Gasteiger partial charge < -0.3 is 5.11 Å². The van der Waals surface area contributed by atoms with E-state index in [1.165, 1.54) is 6.08 Å². The van der Waals surface area contributed by atoms with Crippen molar-refractivity contribution in [2.45, 2.75) is 56.4 Å². The van der Waals surface area contributed by atoms with Crippen LogP contribution in [-0.4, -0.2) is 16.7 Å². The first-order valence-corrected chi connectivity index (χ1v) is 6.87. The molecule has 0 saturated carbocycles. The lowest BCUT2D eigenvalue weighted by molar-refractivity contribution is -0.115. The number of allylic oxidation sites excluding steroid dienone is 4. The fraction of sp³-hybridized carbons (Fsp3) is 0.400. The van der Waals surface area contributed by atoms with Crippen LogP contribution < -0.4 is 0 Å². The Morgan fingerprint density at radius 3 is 1.74 bits per heavy atom. The number of carbonyl (C=O) groups is 2. The number of phenols is 1. The molecule has 0 fully saturated rings. The summed E-state index contributed by atoms with van der Waals surface area (Å²) in [6, 6.07) is 3.95. The molecule has 1 aromatic carbocycles. The van der Waals surface area contributed by atoms with E-state index in [2.05, 4.69) is 0 Å². The Morgan fingerprint density at radius 2 is 1.26 bits per heavy atom. The molecule has 1 aliphatic carbocycles. The quantitative estimate of drug-likeness (QED) is 0.684. The minimum Gasteiger partial charge on any atom is -0.507 e. The highest BCUT2D eigenvalue weighted by Gasteiger charge is 2.19. The summed E-state index contributed by atoms with van der Waals surface area (Å²) >= 11 is 0. The zero-order valence-corrected chi connectivity index (χ0v) is 13.5. The first kappa shape index (κ1) is 23.1. The van der Waals surface area contributed by atoms with E-state index in [0.717, 1.165) is 16.7 Å². The topological polar surface area (TPSA) is 54.4 Å². The highest BCUT2D eigenvalue weighted by Crippen LogP contribution is 2.23. The summed E-state index contributed by atoms with van der Waals surface area (Å²) in [5.74, 6) is 0.377. The third-order valence-electron chi connectivity index (χ3n) is 3.88. The molecule has 1 N–H and O–H groups in total. The van der Waals surface area contributed by atoms with Gasteiger partial charge in [-0.1, -0.05) is 27.0 Å². The first-order chi connectivity index (χ1) is 9.66. The number of rotatable bonds is 0. The van der Waals surface area contributed by atoms with Crippen LogP contribution in [0.4, 0.5) is 0 Å². The van der Waals surface area contributed by atoms with Gasteiger partial charge in [-0.15, -0.1) is 0 Å². The second-order valence-corrected chi connectivity index (χ2v) is 5.44. The van der Waals surface area contributed by atoms with Crippen molar-refractivity contribution >= 4 is 11.6 Å². The van der Waals surface area contributed by atoms with E-state index in [1.807, 2.05) is 32.9 Å². The molecule has 0 heterocycles. The van der Waals surface area contributed by atoms with Crippen molar-refractivity contribution in [2.24, 2.45) is 0 Å². The van der Waals surface area contributed by atoms with E-state index in [-0.39, 0.29) is 26.4 Å². The van der Waals surface area contributed by atoms with Crippen molar-refractivity contribution in [2.75, 3.05) is 0 Å². The highest BCUT2D eigenvalue weighted by atomic mass is 16.3. The van der Waals surface area contributed by atoms with Crippen LogP contribution in [0, 0.1) is 20.8 Å². The lowest BCUT2D eigenvalue weighted by Crippen LogP contribution is -2.14. The summed E-state index contributed by atoms with van der Waals surface area (Å²) in [5.41, 5.74) is 4.76. The van der Waals surface area contributed by atoms with E-state index in [0.29, 0.717) is 22.5 Å². The zero-order chi connectivity index (χ0) is 16.3. The number of benzene rings is 1. The largest absolute Gasteiger partial charge is 0.507 e. The number of aryl methyl sites for hydroxylation is 2. The zero-order valence-electron chi connectivity index (χ0n) is 13.5. The fourth-order valence-corrected chi connectivity index (χ4v) is 1.96. The first-order valence-electron chi connectivity index (χ1n) is 6.87. The number of Topliss-reactive ketones (excluding diaryl/α,β-unsaturated/α-hetero) is 1. The molecule has 23 heavy (non-hydrogen) atoms. The van der Waals surface area contributed by atoms with Crippen molar-refractivity contribution in [3.05, 3.63) is 51.6 Å². The molecule has 1 aliphatic rings. The van der Waals surface area contributed by atoms with Crippen LogP contribution >= 0.6 is 0 Å². The summed E-state index contributed by atoms with van der Waals surface area (Å²) in [4.78, 5) is 22.3. The molecule has 0 bridgehead atoms. The van der Waals surface area contributed by atoms with Gasteiger partial charge in [0.1, 0.15) is 5.75 Å². The minimum absolute atomic E-state index is 0. The third-order valence-corrected chi connectivity index (χ3v) is 3.88. The molecule has 3 nitrogen and oxygen atoms in total. The van der Waals surface area contributed by atoms with Gasteiger partial charge in [-0.25, -0.2) is 0 Å². The fourth-order valence-electron chi connectivity index (χ4n) is 1.96. The van der Waals surface area contributed by atoms with Gasteiger partial charge in [-0.3, -0.25) is 9.59 Å². The van der Waals surface area contributed by atoms with Gasteiger partial charge >= 0.3 is 0 Å². The summed E-state index contributed by atoms with van der Waals surface area (Å²) < 4.78 is 0. The molecular formula is C20H30O3. The monoisotopic (exact) mass is 318 g/mol. The number of ketones is 2. The van der Waals surface area contributed by atoms with Crippen molar-refractivity contribution in [1.82, 2.24) is 0 Å². The van der Waals surface area contributed by atoms with Crippen molar-refractivity contribution in [3.8, 4) is 5.75 Å². The van der Waals surface area contributed by atoms with E-state index < -0.39 is 0 Å². The van der Waals surface area contributed by atoms with Gasteiger partial charge in [-0.05, 0) is 64.3 Å². The smallest absolute Gasteiger partial charge is 0.184 e. The Morgan fingerprint density at radius 1 is 0.783 bits per heavy atom. The number of aromatic hydroxyl groups is 1. The maximum atomic E-state index is 11.2. The van der Waals surface area contributed by atoms with Gasteiger partial charge in [0.25, 0.3) is 0 Å². The minimum atomic E-state index is -0.0420. The maximum absolute atomic E-state index is 11.2. The molecule has 3 heteroatoms. The molecule has 0 aromatic heterocycles. The molecule has 0 amide bonds. The van der Waals surface area contributed by atoms with Crippen LogP contribution in [0.2, 0.25) is 0 Å². The molecule has 0 spiro atoms. The summed E-state index contributed by atoms with van der Waals surface area (Å²) in [5, 5.41) is 9.39. The van der Waals surface area contributed by atoms with Gasteiger partial charge in [0.05, 0.1) is 0 Å². The maximum Gasteiger partial charge on any atom is 0.184 e. The van der Waals surface area contributed by atoms with Crippen LogP contribution in [0.15, 0.2) is 34.9 Å². The normalized spacial score (nSPS) is 13.4. The van der Waals surface area contributed by atoms with Crippen molar-refractivity contribution in [1.29, 1.82) is 0 Å². The van der Waals surface area contributed by atoms with Gasteiger partial charge in [0, 0.05) is 16.7 Å². The van der Waals surface area contributed by atoms with E-state index >= 15 is 0 Å². The Kier molecular flexibility index (Phi) is 9.13. The van der Waals surface area contributed by atoms with Crippen LogP contribution in [0.5, 0.6) is 5.75 Å². The third kappa shape index (κ3) is 5.20. The predicted molar refractivity (Wildman–Crippen MR) is 97.9 cm³/mol. The molecule has 2 rings (SSSR count). The van der Waals surface area contributed by atoms with Gasteiger partial charge in [0.2, 0.25) is 0 Å². The molecule has 0 saturated heterocycles. The summed E-state index contributed by atoms with van der Waals surface area (Å²) in [7, 11) is 0. The lowest BCUT2D eigenvalue weighted by atomic mass is 9.92. The SMILES string of the molecule is C.C.CC1=CC(=O)C(C)=C(C)C1=O.Cc1ccc(C)c(O)c1C. The molecular weight excluding hydrogens is 288 g/mol. The van der Waals surface area contributed by atoms with Crippen LogP contribution in [0.3, 0.4) is 0 Å². The highest BCUT2D eigenvalue weighted by molar-refractivity contribution is 6.21. The van der Waals surface area contributed by atoms with Crippen molar-refractivity contribution in [3.63, 3.8) is 0 Å². The van der Waals surface area contributed by atoms with E-state index in [4.69, 9.17) is 0 Å². The van der Waals surface area contributed by atoms with Gasteiger partial charge in [-0.2, -0.15) is 0 Å². The molecule has 0 atom stereocenters. The average Bonchev–Trinajstić information content (AvgIpc) is 2.45. The average molecular weight is 318 g/mol. The second kappa shape index (κ2) is 9.09. The predicted octanol–water partition coefficient (Wildman–Crippen LogP) is 5.01. The van der Waals surface area contributed by atoms with Crippen molar-refractivity contribution < 1.29 is 14.7 Å². The van der Waals surface area contributed by atoms with Crippen LogP contribution in [-0.2, 0) is 9.59 Å². The second-order valence-electron chi connectivity index (χ2n) is 5.44. The van der Waals surface area contributed by atoms with E-state index in [9.17, 15) is 14.7 Å². The van der Waals surface area contributed by atoms with Crippen LogP contribution in [0.1, 0.15) is 52.3 Å². The molecule has 128 valence electrons. The summed E-state index contributed by atoms with van der Waals surface area (Å²) in [6.07, 6.45) is 1.39. The standard InChI is InChI=1S/C9H10O2.C9H12O.2CH4/c1-5-4-8(10)6(2)7(3)9(5)11;1-6-4-5-7(2)9(10)8(6)3;;/h4H,1-3H3;4-5,10H,1-3H3;2*1H4. The Labute approximate surface area is 140 Å². The molecule has 1 aromatic rings. The Bertz CT molecular complexity index is 635. The molecule has 0 unspecified atom stereocenters. The number of carbonyl (C=O) groups excluding carboxylic acids is 2. The Hall–Kier alpha value is -2.16.